The molecule has 0 spiro atoms. The van der Waals surface area contributed by atoms with Crippen LogP contribution in [0, 0.1) is 13.8 Å². The highest BCUT2D eigenvalue weighted by molar-refractivity contribution is 5.95. The number of carbonyl (C=O) groups is 2. The van der Waals surface area contributed by atoms with Crippen molar-refractivity contribution in [3.05, 3.63) is 77.0 Å². The molecule has 2 aromatic carbocycles. The van der Waals surface area contributed by atoms with Gasteiger partial charge in [0.05, 0.1) is 18.8 Å². The van der Waals surface area contributed by atoms with Crippen LogP contribution in [0.2, 0.25) is 0 Å². The van der Waals surface area contributed by atoms with Crippen LogP contribution in [0.25, 0.3) is 0 Å². The Morgan fingerprint density at radius 1 is 1.03 bits per heavy atom. The van der Waals surface area contributed by atoms with Gasteiger partial charge in [-0.15, -0.1) is 0 Å². The molecule has 0 N–H and O–H groups in total. The standard InChI is InChI=1S/C27H31N5O2/c1-19-5-4-6-24(15-19)30-14-13-29(17-21(30)3)27(34)23-9-7-22(8-10-23)18-31-25-16-20(2)28-32(25)12-11-26(31)33/h4-10,15-16,21H,11-14,17-18H2,1-3H3/t21-/m0/s1. The first-order chi connectivity index (χ1) is 16.4. The zero-order valence-corrected chi connectivity index (χ0v) is 20.1. The molecule has 5 rings (SSSR count). The Morgan fingerprint density at radius 3 is 2.56 bits per heavy atom. The third-order valence-electron chi connectivity index (χ3n) is 6.79. The van der Waals surface area contributed by atoms with E-state index in [0.717, 1.165) is 23.6 Å². The molecule has 2 aliphatic rings. The fraction of sp³-hybridized carbons (Fsp3) is 0.370. The lowest BCUT2D eigenvalue weighted by molar-refractivity contribution is -0.119. The van der Waals surface area contributed by atoms with Gasteiger partial charge in [-0.1, -0.05) is 24.3 Å². The Hall–Kier alpha value is -3.61. The van der Waals surface area contributed by atoms with Crippen molar-refractivity contribution in [1.82, 2.24) is 14.7 Å². The van der Waals surface area contributed by atoms with Crippen LogP contribution in [0.3, 0.4) is 0 Å². The summed E-state index contributed by atoms with van der Waals surface area (Å²) < 4.78 is 1.90. The Balaban J connectivity index is 1.24. The minimum Gasteiger partial charge on any atom is -0.365 e. The number of aromatic nitrogens is 2. The number of hydrogen-bond acceptors (Lipinski definition) is 4. The summed E-state index contributed by atoms with van der Waals surface area (Å²) in [4.78, 5) is 31.9. The second kappa shape index (κ2) is 8.97. The zero-order valence-electron chi connectivity index (χ0n) is 20.1. The molecule has 7 heteroatoms. The summed E-state index contributed by atoms with van der Waals surface area (Å²) in [7, 11) is 0. The van der Waals surface area contributed by atoms with Crippen molar-refractivity contribution in [1.29, 1.82) is 0 Å². The molecule has 0 aliphatic carbocycles. The van der Waals surface area contributed by atoms with Crippen molar-refractivity contribution in [2.24, 2.45) is 0 Å². The van der Waals surface area contributed by atoms with Gasteiger partial charge in [0, 0.05) is 49.4 Å². The van der Waals surface area contributed by atoms with Crippen LogP contribution in [-0.2, 0) is 17.9 Å². The highest BCUT2D eigenvalue weighted by Gasteiger charge is 2.28. The molecular formula is C27H31N5O2. The van der Waals surface area contributed by atoms with Crippen molar-refractivity contribution in [3.63, 3.8) is 0 Å². The molecule has 7 nitrogen and oxygen atoms in total. The van der Waals surface area contributed by atoms with Gasteiger partial charge in [-0.05, 0) is 56.2 Å². The number of benzene rings is 2. The molecule has 34 heavy (non-hydrogen) atoms. The van der Waals surface area contributed by atoms with E-state index in [1.54, 1.807) is 4.90 Å². The maximum absolute atomic E-state index is 13.2. The quantitative estimate of drug-likeness (QED) is 0.598. The topological polar surface area (TPSA) is 61.7 Å². The third-order valence-corrected chi connectivity index (χ3v) is 6.79. The fourth-order valence-corrected chi connectivity index (χ4v) is 5.00. The molecule has 0 saturated carbocycles. The van der Waals surface area contributed by atoms with Crippen molar-refractivity contribution in [2.75, 3.05) is 29.4 Å². The van der Waals surface area contributed by atoms with E-state index in [4.69, 9.17) is 0 Å². The van der Waals surface area contributed by atoms with Crippen LogP contribution >= 0.6 is 0 Å². The Morgan fingerprint density at radius 2 is 1.82 bits per heavy atom. The summed E-state index contributed by atoms with van der Waals surface area (Å²) in [5.74, 6) is 1.01. The Bertz CT molecular complexity index is 1220. The first kappa shape index (κ1) is 22.2. The minimum absolute atomic E-state index is 0.0602. The maximum Gasteiger partial charge on any atom is 0.253 e. The molecule has 1 saturated heterocycles. The van der Waals surface area contributed by atoms with Gasteiger partial charge in [-0.2, -0.15) is 5.10 Å². The summed E-state index contributed by atoms with van der Waals surface area (Å²) in [5.41, 5.74) is 5.05. The number of aryl methyl sites for hydroxylation is 3. The molecule has 0 radical (unpaired) electrons. The van der Waals surface area contributed by atoms with Crippen LogP contribution in [0.1, 0.15) is 40.5 Å². The predicted octanol–water partition coefficient (Wildman–Crippen LogP) is 3.79. The molecule has 0 unspecified atom stereocenters. The number of hydrogen-bond donors (Lipinski definition) is 0. The largest absolute Gasteiger partial charge is 0.365 e. The van der Waals surface area contributed by atoms with E-state index in [1.165, 1.54) is 11.3 Å². The molecule has 2 amide bonds. The third kappa shape index (κ3) is 4.30. The summed E-state index contributed by atoms with van der Waals surface area (Å²) in [6.45, 7) is 9.53. The molecule has 176 valence electrons. The van der Waals surface area contributed by atoms with E-state index in [2.05, 4.69) is 48.1 Å². The predicted molar refractivity (Wildman–Crippen MR) is 133 cm³/mol. The number of carbonyl (C=O) groups excluding carboxylic acids is 2. The van der Waals surface area contributed by atoms with Gasteiger partial charge in [-0.25, -0.2) is 4.68 Å². The first-order valence-corrected chi connectivity index (χ1v) is 12.0. The SMILES string of the molecule is Cc1cccc(N2CCN(C(=O)c3ccc(CN4C(=O)CCn5nc(C)cc54)cc3)C[C@@H]2C)c1. The van der Waals surface area contributed by atoms with Gasteiger partial charge in [0.25, 0.3) is 5.91 Å². The van der Waals surface area contributed by atoms with E-state index in [9.17, 15) is 9.59 Å². The van der Waals surface area contributed by atoms with Gasteiger partial charge >= 0.3 is 0 Å². The average molecular weight is 458 g/mol. The fourth-order valence-electron chi connectivity index (χ4n) is 5.00. The summed E-state index contributed by atoms with van der Waals surface area (Å²) in [6.07, 6.45) is 0.456. The number of anilines is 2. The molecule has 3 heterocycles. The summed E-state index contributed by atoms with van der Waals surface area (Å²) in [6, 6.07) is 18.4. The second-order valence-corrected chi connectivity index (χ2v) is 9.43. The number of nitrogens with zero attached hydrogens (tertiary/aromatic N) is 5. The summed E-state index contributed by atoms with van der Waals surface area (Å²) >= 11 is 0. The molecule has 2 aliphatic heterocycles. The Kier molecular flexibility index (Phi) is 5.86. The van der Waals surface area contributed by atoms with Gasteiger partial charge in [-0.3, -0.25) is 14.5 Å². The molecule has 0 bridgehead atoms. The Labute approximate surface area is 200 Å². The summed E-state index contributed by atoms with van der Waals surface area (Å²) in [5, 5.41) is 4.47. The monoisotopic (exact) mass is 457 g/mol. The number of piperazine rings is 1. The van der Waals surface area contributed by atoms with Crippen LogP contribution in [0.4, 0.5) is 11.5 Å². The van der Waals surface area contributed by atoms with Crippen molar-refractivity contribution < 1.29 is 9.59 Å². The zero-order chi connectivity index (χ0) is 23.8. The van der Waals surface area contributed by atoms with Crippen LogP contribution in [0.5, 0.6) is 0 Å². The van der Waals surface area contributed by atoms with Crippen LogP contribution in [0.15, 0.2) is 54.6 Å². The van der Waals surface area contributed by atoms with Crippen LogP contribution < -0.4 is 9.80 Å². The molecule has 1 fully saturated rings. The first-order valence-electron chi connectivity index (χ1n) is 12.0. The number of fused-ring (bicyclic) bond motifs is 1. The van der Waals surface area contributed by atoms with E-state index in [-0.39, 0.29) is 17.9 Å². The lowest BCUT2D eigenvalue weighted by atomic mass is 10.1. The molecule has 1 atom stereocenters. The van der Waals surface area contributed by atoms with Gasteiger partial charge < -0.3 is 9.80 Å². The van der Waals surface area contributed by atoms with Gasteiger partial charge in [0.2, 0.25) is 5.91 Å². The lowest BCUT2D eigenvalue weighted by Gasteiger charge is -2.41. The van der Waals surface area contributed by atoms with Crippen molar-refractivity contribution >= 4 is 23.3 Å². The minimum atomic E-state index is 0.0602. The van der Waals surface area contributed by atoms with E-state index >= 15 is 0 Å². The highest BCUT2D eigenvalue weighted by Crippen LogP contribution is 2.25. The second-order valence-electron chi connectivity index (χ2n) is 9.43. The van der Waals surface area contributed by atoms with Crippen LogP contribution in [-0.4, -0.2) is 52.2 Å². The molecule has 1 aromatic heterocycles. The lowest BCUT2D eigenvalue weighted by Crippen LogP contribution is -2.53. The number of amides is 2. The highest BCUT2D eigenvalue weighted by atomic mass is 16.2. The van der Waals surface area contributed by atoms with Crippen molar-refractivity contribution in [2.45, 2.75) is 46.3 Å². The van der Waals surface area contributed by atoms with Gasteiger partial charge in [0.15, 0.2) is 0 Å². The molecule has 3 aromatic rings. The molecular weight excluding hydrogens is 426 g/mol. The van der Waals surface area contributed by atoms with Gasteiger partial charge in [0.1, 0.15) is 5.82 Å². The smallest absolute Gasteiger partial charge is 0.253 e. The van der Waals surface area contributed by atoms with E-state index in [1.807, 2.05) is 46.8 Å². The normalized spacial score (nSPS) is 18.3. The van der Waals surface area contributed by atoms with Crippen molar-refractivity contribution in [3.8, 4) is 0 Å². The number of rotatable bonds is 4. The maximum atomic E-state index is 13.2. The van der Waals surface area contributed by atoms with E-state index < -0.39 is 0 Å². The van der Waals surface area contributed by atoms with E-state index in [0.29, 0.717) is 38.2 Å². The average Bonchev–Trinajstić information content (AvgIpc) is 3.21.